The molecule has 6 nitrogen and oxygen atoms in total. The molecule has 3 aromatic rings. The van der Waals surface area contributed by atoms with Crippen molar-refractivity contribution in [2.45, 2.75) is 6.92 Å². The van der Waals surface area contributed by atoms with Gasteiger partial charge in [-0.15, -0.1) is 11.3 Å². The van der Waals surface area contributed by atoms with Gasteiger partial charge in [0.1, 0.15) is 4.32 Å². The van der Waals surface area contributed by atoms with E-state index in [1.165, 1.54) is 46.6 Å². The van der Waals surface area contributed by atoms with Gasteiger partial charge in [-0.3, -0.25) is 14.5 Å². The SMILES string of the molecule is CC(CN1C(=O)/C(=C/c2cc(-c3ccc(F)c(F)c3)cs2)SC1=S)C(=O)Nc1ccc(C(=O)O)cc1. The van der Waals surface area contributed by atoms with Crippen molar-refractivity contribution in [2.24, 2.45) is 5.92 Å². The first-order chi connectivity index (χ1) is 17.1. The molecule has 0 spiro atoms. The number of hydrogen-bond donors (Lipinski definition) is 2. The quantitative estimate of drug-likeness (QED) is 0.286. The maximum atomic E-state index is 13.6. The number of rotatable bonds is 7. The first-order valence-corrected chi connectivity index (χ1v) is 12.7. The zero-order chi connectivity index (χ0) is 26.0. The number of thiocarbonyl (C=S) groups is 1. The number of carboxylic acids is 1. The van der Waals surface area contributed by atoms with E-state index in [1.807, 2.05) is 0 Å². The lowest BCUT2D eigenvalue weighted by molar-refractivity contribution is -0.124. The molecule has 0 radical (unpaired) electrons. The second-order valence-corrected chi connectivity index (χ2v) is 10.6. The van der Waals surface area contributed by atoms with Crippen LogP contribution in [0.3, 0.4) is 0 Å². The van der Waals surface area contributed by atoms with Crippen molar-refractivity contribution in [3.05, 3.63) is 80.9 Å². The smallest absolute Gasteiger partial charge is 0.335 e. The van der Waals surface area contributed by atoms with Crippen LogP contribution in [0.5, 0.6) is 0 Å². The van der Waals surface area contributed by atoms with E-state index in [9.17, 15) is 23.2 Å². The molecule has 2 N–H and O–H groups in total. The molecule has 2 amide bonds. The number of anilines is 1. The van der Waals surface area contributed by atoms with Crippen molar-refractivity contribution >= 4 is 69.2 Å². The van der Waals surface area contributed by atoms with Gasteiger partial charge in [0.25, 0.3) is 5.91 Å². The van der Waals surface area contributed by atoms with Gasteiger partial charge >= 0.3 is 5.97 Å². The molecule has 1 fully saturated rings. The Morgan fingerprint density at radius 1 is 1.11 bits per heavy atom. The molecule has 1 aliphatic rings. The van der Waals surface area contributed by atoms with E-state index in [4.69, 9.17) is 17.3 Å². The van der Waals surface area contributed by atoms with Crippen molar-refractivity contribution in [1.29, 1.82) is 0 Å². The van der Waals surface area contributed by atoms with E-state index in [-0.39, 0.29) is 23.9 Å². The van der Waals surface area contributed by atoms with Crippen LogP contribution in [0.1, 0.15) is 22.2 Å². The van der Waals surface area contributed by atoms with Gasteiger partial charge in [0.15, 0.2) is 11.6 Å². The van der Waals surface area contributed by atoms with Gasteiger partial charge in [-0.25, -0.2) is 13.6 Å². The van der Waals surface area contributed by atoms with E-state index in [0.717, 1.165) is 28.8 Å². The van der Waals surface area contributed by atoms with E-state index in [1.54, 1.807) is 24.4 Å². The Labute approximate surface area is 218 Å². The minimum Gasteiger partial charge on any atom is -0.478 e. The van der Waals surface area contributed by atoms with Crippen LogP contribution in [0.25, 0.3) is 17.2 Å². The topological polar surface area (TPSA) is 86.7 Å². The number of carbonyl (C=O) groups excluding carboxylic acids is 2. The van der Waals surface area contributed by atoms with Crippen molar-refractivity contribution in [2.75, 3.05) is 11.9 Å². The van der Waals surface area contributed by atoms with Crippen LogP contribution in [0, 0.1) is 17.6 Å². The normalized spacial score (nSPS) is 15.4. The Balaban J connectivity index is 1.41. The van der Waals surface area contributed by atoms with Gasteiger partial charge in [-0.2, -0.15) is 0 Å². The number of thiophene rings is 1. The average Bonchev–Trinajstić information content (AvgIpc) is 3.41. The summed E-state index contributed by atoms with van der Waals surface area (Å²) in [6.07, 6.45) is 1.68. The molecule has 1 saturated heterocycles. The number of hydrogen-bond acceptors (Lipinski definition) is 6. The highest BCUT2D eigenvalue weighted by molar-refractivity contribution is 8.26. The summed E-state index contributed by atoms with van der Waals surface area (Å²) >= 11 is 7.83. The number of aromatic carboxylic acids is 1. The number of carboxylic acid groups (broad SMARTS) is 1. The third-order valence-corrected chi connectivity index (χ3v) is 7.58. The van der Waals surface area contributed by atoms with E-state index < -0.39 is 23.5 Å². The minimum atomic E-state index is -1.06. The first kappa shape index (κ1) is 25.7. The maximum Gasteiger partial charge on any atom is 0.335 e. The molecule has 1 atom stereocenters. The summed E-state index contributed by atoms with van der Waals surface area (Å²) in [5.74, 6) is -4.17. The molecular weight excluding hydrogens is 526 g/mol. The molecule has 0 aliphatic carbocycles. The maximum absolute atomic E-state index is 13.6. The summed E-state index contributed by atoms with van der Waals surface area (Å²) in [7, 11) is 0. The number of halogens is 2. The van der Waals surface area contributed by atoms with Crippen LogP contribution in [-0.2, 0) is 9.59 Å². The van der Waals surface area contributed by atoms with Crippen LogP contribution in [0.15, 0.2) is 58.8 Å². The number of nitrogens with zero attached hydrogens (tertiary/aromatic N) is 1. The predicted molar refractivity (Wildman–Crippen MR) is 141 cm³/mol. The lowest BCUT2D eigenvalue weighted by Crippen LogP contribution is -2.36. The third-order valence-electron chi connectivity index (χ3n) is 5.32. The van der Waals surface area contributed by atoms with Gasteiger partial charge in [-0.1, -0.05) is 37.0 Å². The first-order valence-electron chi connectivity index (χ1n) is 10.6. The highest BCUT2D eigenvalue weighted by atomic mass is 32.2. The summed E-state index contributed by atoms with van der Waals surface area (Å²) in [6.45, 7) is 1.74. The summed E-state index contributed by atoms with van der Waals surface area (Å²) < 4.78 is 27.1. The van der Waals surface area contributed by atoms with Crippen LogP contribution in [-0.4, -0.2) is 38.7 Å². The molecule has 1 aromatic heterocycles. The van der Waals surface area contributed by atoms with Crippen LogP contribution in [0.2, 0.25) is 0 Å². The fourth-order valence-electron chi connectivity index (χ4n) is 3.36. The van der Waals surface area contributed by atoms with Crippen LogP contribution >= 0.6 is 35.3 Å². The number of benzene rings is 2. The Bertz CT molecular complexity index is 1400. The molecular formula is C25H18F2N2O4S3. The summed E-state index contributed by atoms with van der Waals surface area (Å²) in [5.41, 5.74) is 1.77. The van der Waals surface area contributed by atoms with E-state index in [0.29, 0.717) is 26.0 Å². The zero-order valence-corrected chi connectivity index (χ0v) is 21.1. The van der Waals surface area contributed by atoms with Gasteiger partial charge in [0.05, 0.1) is 16.4 Å². The highest BCUT2D eigenvalue weighted by Gasteiger charge is 2.34. The Morgan fingerprint density at radius 3 is 2.50 bits per heavy atom. The molecule has 1 aliphatic heterocycles. The Morgan fingerprint density at radius 2 is 1.83 bits per heavy atom. The fraction of sp³-hybridized carbons (Fsp3) is 0.120. The number of thioether (sulfide) groups is 1. The molecule has 2 heterocycles. The second-order valence-electron chi connectivity index (χ2n) is 7.93. The van der Waals surface area contributed by atoms with Gasteiger partial charge < -0.3 is 10.4 Å². The van der Waals surface area contributed by atoms with Gasteiger partial charge in [0.2, 0.25) is 5.91 Å². The average molecular weight is 545 g/mol. The second kappa shape index (κ2) is 10.7. The minimum absolute atomic E-state index is 0.0750. The third kappa shape index (κ3) is 5.69. The molecule has 184 valence electrons. The van der Waals surface area contributed by atoms with E-state index in [2.05, 4.69) is 5.32 Å². The Kier molecular flexibility index (Phi) is 7.62. The summed E-state index contributed by atoms with van der Waals surface area (Å²) in [5, 5.41) is 13.5. The van der Waals surface area contributed by atoms with E-state index >= 15 is 0 Å². The monoisotopic (exact) mass is 544 g/mol. The Hall–Kier alpha value is -3.41. The van der Waals surface area contributed by atoms with Crippen molar-refractivity contribution in [3.63, 3.8) is 0 Å². The summed E-state index contributed by atoms with van der Waals surface area (Å²) in [6, 6.07) is 11.2. The highest BCUT2D eigenvalue weighted by Crippen LogP contribution is 2.35. The molecule has 0 saturated carbocycles. The van der Waals surface area contributed by atoms with Crippen molar-refractivity contribution < 1.29 is 28.3 Å². The number of amides is 2. The largest absolute Gasteiger partial charge is 0.478 e. The molecule has 36 heavy (non-hydrogen) atoms. The van der Waals surface area contributed by atoms with Crippen molar-refractivity contribution in [3.8, 4) is 11.1 Å². The molecule has 1 unspecified atom stereocenters. The summed E-state index contributed by atoms with van der Waals surface area (Å²) in [4.78, 5) is 39.0. The predicted octanol–water partition coefficient (Wildman–Crippen LogP) is 5.87. The molecule has 0 bridgehead atoms. The van der Waals surface area contributed by atoms with Crippen LogP contribution in [0.4, 0.5) is 14.5 Å². The zero-order valence-electron chi connectivity index (χ0n) is 18.7. The molecule has 2 aromatic carbocycles. The number of carbonyl (C=O) groups is 3. The van der Waals surface area contributed by atoms with Crippen molar-refractivity contribution in [1.82, 2.24) is 4.90 Å². The van der Waals surface area contributed by atoms with Crippen LogP contribution < -0.4 is 5.32 Å². The number of nitrogens with one attached hydrogen (secondary N) is 1. The standard InChI is InChI=1S/C25H18F2N2O4S3/c1-13(22(30)28-17-5-2-14(3-6-17)24(32)33)11-29-23(31)21(36-25(29)34)10-18-8-16(12-35-18)15-4-7-19(26)20(27)9-15/h2-10,12-13H,11H2,1H3,(H,28,30)(H,32,33)/b21-10-. The van der Waals surface area contributed by atoms with Gasteiger partial charge in [0, 0.05) is 17.1 Å². The lowest BCUT2D eigenvalue weighted by atomic mass is 10.1. The molecule has 4 rings (SSSR count). The lowest BCUT2D eigenvalue weighted by Gasteiger charge is -2.19. The van der Waals surface area contributed by atoms with Gasteiger partial charge in [-0.05, 0) is 65.0 Å². The fourth-order valence-corrected chi connectivity index (χ4v) is 5.55. The molecule has 11 heteroatoms.